The Labute approximate surface area is 171 Å². The molecule has 0 aliphatic heterocycles. The zero-order valence-electron chi connectivity index (χ0n) is 14.4. The summed E-state index contributed by atoms with van der Waals surface area (Å²) in [5.74, 6) is -0.417. The number of benzene rings is 3. The molecule has 0 atom stereocenters. The first-order chi connectivity index (χ1) is 13.4. The van der Waals surface area contributed by atoms with Crippen LogP contribution < -0.4 is 10.0 Å². The van der Waals surface area contributed by atoms with Gasteiger partial charge in [-0.15, -0.1) is 0 Å². The minimum Gasteiger partial charge on any atom is -0.322 e. The molecular weight excluding hydrogens is 442 g/mol. The Hall–Kier alpha value is -3.15. The van der Waals surface area contributed by atoms with E-state index in [9.17, 15) is 13.2 Å². The molecule has 0 fully saturated rings. The summed E-state index contributed by atoms with van der Waals surface area (Å²) in [5.41, 5.74) is 1.44. The Morgan fingerprint density at radius 2 is 1.61 bits per heavy atom. The molecule has 0 aliphatic rings. The predicted octanol–water partition coefficient (Wildman–Crippen LogP) is 4.37. The summed E-state index contributed by atoms with van der Waals surface area (Å²) in [5, 5.41) is 11.6. The zero-order chi connectivity index (χ0) is 20.1. The van der Waals surface area contributed by atoms with Crippen LogP contribution in [0.15, 0.2) is 82.2 Å². The first-order valence-corrected chi connectivity index (χ1v) is 10.3. The van der Waals surface area contributed by atoms with Gasteiger partial charge in [0.2, 0.25) is 0 Å². The van der Waals surface area contributed by atoms with E-state index in [0.29, 0.717) is 11.3 Å². The highest BCUT2D eigenvalue weighted by atomic mass is 79.9. The van der Waals surface area contributed by atoms with Gasteiger partial charge < -0.3 is 5.32 Å². The molecule has 0 saturated heterocycles. The fourth-order valence-electron chi connectivity index (χ4n) is 2.42. The quantitative estimate of drug-likeness (QED) is 0.596. The Kier molecular flexibility index (Phi) is 5.78. The molecule has 0 radical (unpaired) electrons. The molecule has 3 aromatic carbocycles. The van der Waals surface area contributed by atoms with Gasteiger partial charge in [-0.2, -0.15) is 5.26 Å². The second kappa shape index (κ2) is 8.25. The predicted molar refractivity (Wildman–Crippen MR) is 111 cm³/mol. The van der Waals surface area contributed by atoms with Gasteiger partial charge in [0.25, 0.3) is 15.9 Å². The average molecular weight is 456 g/mol. The van der Waals surface area contributed by atoms with Crippen molar-refractivity contribution in [2.45, 2.75) is 4.90 Å². The fourth-order valence-corrected chi connectivity index (χ4v) is 3.74. The van der Waals surface area contributed by atoms with Gasteiger partial charge in [-0.3, -0.25) is 9.52 Å². The summed E-state index contributed by atoms with van der Waals surface area (Å²) in [6.45, 7) is 0. The molecule has 0 aromatic heterocycles. The molecule has 140 valence electrons. The van der Waals surface area contributed by atoms with Crippen LogP contribution in [0, 0.1) is 11.3 Å². The number of sulfonamides is 1. The van der Waals surface area contributed by atoms with Crippen molar-refractivity contribution in [3.8, 4) is 6.07 Å². The van der Waals surface area contributed by atoms with E-state index >= 15 is 0 Å². The molecule has 0 saturated carbocycles. The number of hydrogen-bond acceptors (Lipinski definition) is 4. The Morgan fingerprint density at radius 1 is 0.929 bits per heavy atom. The lowest BCUT2D eigenvalue weighted by Gasteiger charge is -2.10. The molecule has 6 nitrogen and oxygen atoms in total. The van der Waals surface area contributed by atoms with Crippen molar-refractivity contribution in [2.24, 2.45) is 0 Å². The van der Waals surface area contributed by atoms with Crippen LogP contribution in [-0.4, -0.2) is 14.3 Å². The third-order valence-corrected chi connectivity index (χ3v) is 5.68. The highest BCUT2D eigenvalue weighted by Crippen LogP contribution is 2.20. The van der Waals surface area contributed by atoms with Gasteiger partial charge in [0.1, 0.15) is 0 Å². The van der Waals surface area contributed by atoms with Gasteiger partial charge in [0.15, 0.2) is 0 Å². The molecule has 0 aliphatic carbocycles. The monoisotopic (exact) mass is 455 g/mol. The second-order valence-electron chi connectivity index (χ2n) is 5.79. The van der Waals surface area contributed by atoms with Gasteiger partial charge in [0.05, 0.1) is 16.5 Å². The van der Waals surface area contributed by atoms with Crippen LogP contribution in [0.1, 0.15) is 15.9 Å². The molecule has 28 heavy (non-hydrogen) atoms. The molecule has 3 aromatic rings. The number of amides is 1. The van der Waals surface area contributed by atoms with Gasteiger partial charge in [-0.25, -0.2) is 8.42 Å². The zero-order valence-corrected chi connectivity index (χ0v) is 16.8. The number of carbonyl (C=O) groups is 1. The van der Waals surface area contributed by atoms with E-state index in [1.807, 2.05) is 6.07 Å². The maximum atomic E-state index is 12.5. The standard InChI is InChI=1S/C20H14BrN3O3S/c21-16-7-9-19(10-8-16)28(26,27)24-18-6-2-4-15(12-18)20(25)23-17-5-1-3-14(11-17)13-22/h1-12,24H,(H,23,25). The number of nitrogens with one attached hydrogen (secondary N) is 2. The summed E-state index contributed by atoms with van der Waals surface area (Å²) >= 11 is 3.26. The lowest BCUT2D eigenvalue weighted by atomic mass is 10.1. The average Bonchev–Trinajstić information content (AvgIpc) is 2.68. The molecule has 0 spiro atoms. The van der Waals surface area contributed by atoms with E-state index in [1.165, 1.54) is 18.2 Å². The van der Waals surface area contributed by atoms with Crippen molar-refractivity contribution in [1.29, 1.82) is 5.26 Å². The van der Waals surface area contributed by atoms with Crippen molar-refractivity contribution in [1.82, 2.24) is 0 Å². The van der Waals surface area contributed by atoms with Crippen LogP contribution in [0.2, 0.25) is 0 Å². The van der Waals surface area contributed by atoms with Crippen molar-refractivity contribution in [2.75, 3.05) is 10.0 Å². The van der Waals surface area contributed by atoms with E-state index in [1.54, 1.807) is 54.6 Å². The molecule has 3 rings (SSSR count). The van der Waals surface area contributed by atoms with Crippen LogP contribution in [0.25, 0.3) is 0 Å². The molecule has 8 heteroatoms. The molecular formula is C20H14BrN3O3S. The highest BCUT2D eigenvalue weighted by Gasteiger charge is 2.15. The smallest absolute Gasteiger partial charge is 0.261 e. The van der Waals surface area contributed by atoms with Gasteiger partial charge in [-0.1, -0.05) is 28.1 Å². The van der Waals surface area contributed by atoms with Crippen molar-refractivity contribution >= 4 is 43.2 Å². The molecule has 0 bridgehead atoms. The van der Waals surface area contributed by atoms with Crippen molar-refractivity contribution in [3.05, 3.63) is 88.4 Å². The van der Waals surface area contributed by atoms with Gasteiger partial charge in [0, 0.05) is 21.4 Å². The minimum absolute atomic E-state index is 0.110. The maximum Gasteiger partial charge on any atom is 0.261 e. The number of carbonyl (C=O) groups excluding carboxylic acids is 1. The first-order valence-electron chi connectivity index (χ1n) is 8.07. The van der Waals surface area contributed by atoms with E-state index in [4.69, 9.17) is 5.26 Å². The topological polar surface area (TPSA) is 99.1 Å². The number of hydrogen-bond donors (Lipinski definition) is 2. The molecule has 2 N–H and O–H groups in total. The highest BCUT2D eigenvalue weighted by molar-refractivity contribution is 9.10. The third-order valence-electron chi connectivity index (χ3n) is 3.75. The van der Waals surface area contributed by atoms with E-state index in [0.717, 1.165) is 4.47 Å². The number of halogens is 1. The van der Waals surface area contributed by atoms with Crippen LogP contribution in [0.3, 0.4) is 0 Å². The second-order valence-corrected chi connectivity index (χ2v) is 8.39. The molecule has 0 heterocycles. The number of nitriles is 1. The van der Waals surface area contributed by atoms with Crippen molar-refractivity contribution in [3.63, 3.8) is 0 Å². The normalized spacial score (nSPS) is 10.7. The lowest BCUT2D eigenvalue weighted by Crippen LogP contribution is -2.15. The summed E-state index contributed by atoms with van der Waals surface area (Å²) in [4.78, 5) is 12.6. The van der Waals surface area contributed by atoms with Crippen molar-refractivity contribution < 1.29 is 13.2 Å². The Balaban J connectivity index is 1.79. The summed E-state index contributed by atoms with van der Waals surface area (Å²) < 4.78 is 28.2. The van der Waals surface area contributed by atoms with E-state index < -0.39 is 15.9 Å². The molecule has 1 amide bonds. The van der Waals surface area contributed by atoms with Gasteiger partial charge >= 0.3 is 0 Å². The van der Waals surface area contributed by atoms with E-state index in [-0.39, 0.29) is 16.1 Å². The van der Waals surface area contributed by atoms with Gasteiger partial charge in [-0.05, 0) is 60.7 Å². The first kappa shape index (κ1) is 19.6. The Morgan fingerprint density at radius 3 is 2.32 bits per heavy atom. The number of rotatable bonds is 5. The molecule has 0 unspecified atom stereocenters. The minimum atomic E-state index is -3.78. The Bertz CT molecular complexity index is 1170. The summed E-state index contributed by atoms with van der Waals surface area (Å²) in [6.07, 6.45) is 0. The van der Waals surface area contributed by atoms with Crippen LogP contribution in [-0.2, 0) is 10.0 Å². The van der Waals surface area contributed by atoms with Crippen LogP contribution in [0.4, 0.5) is 11.4 Å². The summed E-state index contributed by atoms with van der Waals surface area (Å²) in [7, 11) is -3.78. The van der Waals surface area contributed by atoms with E-state index in [2.05, 4.69) is 26.0 Å². The SMILES string of the molecule is N#Cc1cccc(NC(=O)c2cccc(NS(=O)(=O)c3ccc(Br)cc3)c2)c1. The fraction of sp³-hybridized carbons (Fsp3) is 0. The largest absolute Gasteiger partial charge is 0.322 e. The number of nitrogens with zero attached hydrogens (tertiary/aromatic N) is 1. The lowest BCUT2D eigenvalue weighted by molar-refractivity contribution is 0.102. The number of anilines is 2. The third kappa shape index (κ3) is 4.76. The van der Waals surface area contributed by atoms with Crippen LogP contribution >= 0.6 is 15.9 Å². The summed E-state index contributed by atoms with van der Waals surface area (Å²) in [6, 6.07) is 20.9. The maximum absolute atomic E-state index is 12.5. The van der Waals surface area contributed by atoms with Crippen LogP contribution in [0.5, 0.6) is 0 Å².